The molecule has 2 aromatic heterocycles. The van der Waals surface area contributed by atoms with Crippen molar-refractivity contribution in [3.63, 3.8) is 0 Å². The largest absolute Gasteiger partial charge is 0.466 e. The predicted octanol–water partition coefficient (Wildman–Crippen LogP) is 3.81. The fourth-order valence-electron chi connectivity index (χ4n) is 2.58. The van der Waals surface area contributed by atoms with Gasteiger partial charge in [0.15, 0.2) is 5.13 Å². The first-order valence-corrected chi connectivity index (χ1v) is 9.92. The maximum Gasteiger partial charge on any atom is 0.311 e. The number of nitrogens with zero attached hydrogens (tertiary/aromatic N) is 3. The first-order chi connectivity index (χ1) is 13.5. The molecule has 0 saturated heterocycles. The number of para-hydroxylation sites is 1. The second-order valence-electron chi connectivity index (χ2n) is 6.44. The molecule has 0 aliphatic heterocycles. The summed E-state index contributed by atoms with van der Waals surface area (Å²) in [6.07, 6.45) is 0.0830. The summed E-state index contributed by atoms with van der Waals surface area (Å²) in [5, 5.41) is 9.55. The molecule has 1 N–H and O–H groups in total. The number of hydrogen-bond donors (Lipinski definition) is 1. The van der Waals surface area contributed by atoms with Crippen molar-refractivity contribution in [2.45, 2.75) is 33.1 Å². The monoisotopic (exact) mass is 398 g/mol. The minimum Gasteiger partial charge on any atom is -0.466 e. The topological polar surface area (TPSA) is 86.1 Å². The molecule has 1 aromatic carbocycles. The number of ether oxygens (including phenoxy) is 1. The van der Waals surface area contributed by atoms with E-state index in [4.69, 9.17) is 4.74 Å². The van der Waals surface area contributed by atoms with Gasteiger partial charge in [0, 0.05) is 5.38 Å². The van der Waals surface area contributed by atoms with E-state index in [9.17, 15) is 9.59 Å². The second kappa shape index (κ2) is 8.79. The summed E-state index contributed by atoms with van der Waals surface area (Å²) in [6, 6.07) is 11.3. The molecule has 0 unspecified atom stereocenters. The third-order valence-corrected chi connectivity index (χ3v) is 4.76. The van der Waals surface area contributed by atoms with Crippen LogP contribution in [0.25, 0.3) is 5.69 Å². The van der Waals surface area contributed by atoms with Gasteiger partial charge < -0.3 is 4.74 Å². The third-order valence-electron chi connectivity index (χ3n) is 3.96. The molecule has 0 atom stereocenters. The third kappa shape index (κ3) is 4.64. The maximum absolute atomic E-state index is 12.9. The van der Waals surface area contributed by atoms with Crippen LogP contribution in [-0.4, -0.2) is 33.2 Å². The fraction of sp³-hybridized carbons (Fsp3) is 0.300. The van der Waals surface area contributed by atoms with Crippen molar-refractivity contribution in [3.05, 3.63) is 58.9 Å². The molecule has 146 valence electrons. The number of amides is 1. The lowest BCUT2D eigenvalue weighted by Gasteiger charge is -2.06. The lowest BCUT2D eigenvalue weighted by atomic mass is 10.1. The lowest BCUT2D eigenvalue weighted by molar-refractivity contribution is -0.142. The summed E-state index contributed by atoms with van der Waals surface area (Å²) in [6.45, 7) is 6.14. The normalized spacial score (nSPS) is 10.9. The number of anilines is 1. The van der Waals surface area contributed by atoms with Gasteiger partial charge in [0.1, 0.15) is 5.69 Å². The predicted molar refractivity (Wildman–Crippen MR) is 108 cm³/mol. The van der Waals surface area contributed by atoms with E-state index >= 15 is 0 Å². The molecule has 0 spiro atoms. The van der Waals surface area contributed by atoms with Crippen LogP contribution in [0.3, 0.4) is 0 Å². The molecular weight excluding hydrogens is 376 g/mol. The van der Waals surface area contributed by atoms with E-state index in [0.717, 1.165) is 11.4 Å². The number of hydrogen-bond acceptors (Lipinski definition) is 6. The summed E-state index contributed by atoms with van der Waals surface area (Å²) in [4.78, 5) is 28.8. The van der Waals surface area contributed by atoms with Gasteiger partial charge in [-0.15, -0.1) is 11.3 Å². The number of carbonyl (C=O) groups excluding carboxylic acids is 2. The van der Waals surface area contributed by atoms with Crippen LogP contribution >= 0.6 is 11.3 Å². The molecule has 1 amide bonds. The molecule has 3 rings (SSSR count). The zero-order chi connectivity index (χ0) is 20.1. The molecule has 0 aliphatic rings. The average molecular weight is 398 g/mol. The second-order valence-corrected chi connectivity index (χ2v) is 7.29. The molecule has 0 fully saturated rings. The van der Waals surface area contributed by atoms with E-state index in [1.165, 1.54) is 11.3 Å². The van der Waals surface area contributed by atoms with Crippen molar-refractivity contribution in [3.8, 4) is 5.69 Å². The van der Waals surface area contributed by atoms with E-state index in [1.807, 2.05) is 44.2 Å². The first-order valence-electron chi connectivity index (χ1n) is 9.04. The molecular formula is C20H22N4O3S. The fourth-order valence-corrected chi connectivity index (χ4v) is 3.28. The Kier molecular flexibility index (Phi) is 6.20. The van der Waals surface area contributed by atoms with Gasteiger partial charge in [-0.3, -0.25) is 14.9 Å². The zero-order valence-corrected chi connectivity index (χ0v) is 16.8. The van der Waals surface area contributed by atoms with Gasteiger partial charge in [-0.25, -0.2) is 9.67 Å². The van der Waals surface area contributed by atoms with Crippen molar-refractivity contribution >= 4 is 28.3 Å². The lowest BCUT2D eigenvalue weighted by Crippen LogP contribution is -2.17. The number of rotatable bonds is 7. The van der Waals surface area contributed by atoms with Crippen LogP contribution in [0.2, 0.25) is 0 Å². The number of esters is 1. The Labute approximate surface area is 167 Å². The molecule has 0 radical (unpaired) electrons. The Bertz CT molecular complexity index is 963. The molecule has 8 heteroatoms. The van der Waals surface area contributed by atoms with Crippen LogP contribution in [-0.2, 0) is 16.0 Å². The summed E-state index contributed by atoms with van der Waals surface area (Å²) in [5.74, 6) is -0.456. The van der Waals surface area contributed by atoms with E-state index in [2.05, 4.69) is 15.4 Å². The standard InChI is InChI=1S/C20H22N4O3S/c1-4-27-18(25)10-14-12-28-20(21-14)22-19(26)17-11-16(13(2)3)23-24(17)15-8-6-5-7-9-15/h5-9,11-13H,4,10H2,1-3H3,(H,21,22,26). The van der Waals surface area contributed by atoms with Gasteiger partial charge in [-0.1, -0.05) is 32.0 Å². The van der Waals surface area contributed by atoms with Crippen molar-refractivity contribution < 1.29 is 14.3 Å². The van der Waals surface area contributed by atoms with Gasteiger partial charge in [-0.05, 0) is 31.0 Å². The van der Waals surface area contributed by atoms with Gasteiger partial charge in [0.25, 0.3) is 5.91 Å². The van der Waals surface area contributed by atoms with Crippen molar-refractivity contribution in [2.75, 3.05) is 11.9 Å². The molecule has 2 heterocycles. The van der Waals surface area contributed by atoms with Crippen LogP contribution in [0, 0.1) is 0 Å². The summed E-state index contributed by atoms with van der Waals surface area (Å²) in [7, 11) is 0. The van der Waals surface area contributed by atoms with Crippen LogP contribution in [0.15, 0.2) is 41.8 Å². The summed E-state index contributed by atoms with van der Waals surface area (Å²) in [5.41, 5.74) is 2.63. The van der Waals surface area contributed by atoms with Crippen molar-refractivity contribution in [1.82, 2.24) is 14.8 Å². The highest BCUT2D eigenvalue weighted by Crippen LogP contribution is 2.21. The highest BCUT2D eigenvalue weighted by molar-refractivity contribution is 7.14. The first kappa shape index (κ1) is 19.8. The maximum atomic E-state index is 12.9. The van der Waals surface area contributed by atoms with Crippen molar-refractivity contribution in [2.24, 2.45) is 0 Å². The van der Waals surface area contributed by atoms with E-state index in [1.54, 1.807) is 23.1 Å². The van der Waals surface area contributed by atoms with Crippen LogP contribution in [0.1, 0.15) is 48.6 Å². The Morgan fingerprint density at radius 1 is 1.25 bits per heavy atom. The van der Waals surface area contributed by atoms with Gasteiger partial charge in [0.05, 0.1) is 30.1 Å². The minimum atomic E-state index is -0.339. The quantitative estimate of drug-likeness (QED) is 0.612. The van der Waals surface area contributed by atoms with Crippen molar-refractivity contribution in [1.29, 1.82) is 0 Å². The Morgan fingerprint density at radius 3 is 2.68 bits per heavy atom. The van der Waals surface area contributed by atoms with E-state index < -0.39 is 0 Å². The molecule has 0 saturated carbocycles. The minimum absolute atomic E-state index is 0.0830. The summed E-state index contributed by atoms with van der Waals surface area (Å²) < 4.78 is 6.56. The Balaban J connectivity index is 1.81. The van der Waals surface area contributed by atoms with E-state index in [0.29, 0.717) is 23.1 Å². The van der Waals surface area contributed by atoms with Gasteiger partial charge >= 0.3 is 5.97 Å². The number of carbonyl (C=O) groups is 2. The highest BCUT2D eigenvalue weighted by Gasteiger charge is 2.19. The average Bonchev–Trinajstić information content (AvgIpc) is 3.30. The van der Waals surface area contributed by atoms with E-state index in [-0.39, 0.29) is 24.2 Å². The zero-order valence-electron chi connectivity index (χ0n) is 16.0. The Morgan fingerprint density at radius 2 is 2.00 bits per heavy atom. The molecule has 0 aliphatic carbocycles. The van der Waals surface area contributed by atoms with Crippen LogP contribution in [0.5, 0.6) is 0 Å². The number of nitrogens with one attached hydrogen (secondary N) is 1. The van der Waals surface area contributed by atoms with Gasteiger partial charge in [-0.2, -0.15) is 5.10 Å². The van der Waals surface area contributed by atoms with Crippen LogP contribution < -0.4 is 5.32 Å². The molecule has 0 bridgehead atoms. The number of benzene rings is 1. The highest BCUT2D eigenvalue weighted by atomic mass is 32.1. The van der Waals surface area contributed by atoms with Gasteiger partial charge in [0.2, 0.25) is 0 Å². The number of aromatic nitrogens is 3. The SMILES string of the molecule is CCOC(=O)Cc1csc(NC(=O)c2cc(C(C)C)nn2-c2ccccc2)n1. The summed E-state index contributed by atoms with van der Waals surface area (Å²) >= 11 is 1.27. The van der Waals surface area contributed by atoms with Crippen LogP contribution in [0.4, 0.5) is 5.13 Å². The smallest absolute Gasteiger partial charge is 0.311 e. The number of thiazole rings is 1. The molecule has 3 aromatic rings. The molecule has 7 nitrogen and oxygen atoms in total. The Hall–Kier alpha value is -3.00. The molecule has 28 heavy (non-hydrogen) atoms.